The summed E-state index contributed by atoms with van der Waals surface area (Å²) in [5.74, 6) is 1.29. The van der Waals surface area contributed by atoms with Gasteiger partial charge in [-0.3, -0.25) is 4.79 Å². The van der Waals surface area contributed by atoms with Crippen LogP contribution >= 0.6 is 0 Å². The number of nitrogens with one attached hydrogen (secondary N) is 1. The molecule has 0 aliphatic carbocycles. The SMILES string of the molecule is CC(Oc1ccccc1)C(=O)NCC1CCN(C(C)C)CC1. The number of benzene rings is 1. The van der Waals surface area contributed by atoms with Gasteiger partial charge in [-0.1, -0.05) is 18.2 Å². The number of likely N-dealkylation sites (tertiary alicyclic amines) is 1. The number of hydrogen-bond acceptors (Lipinski definition) is 3. The molecule has 1 aromatic rings. The lowest BCUT2D eigenvalue weighted by molar-refractivity contribution is -0.127. The summed E-state index contributed by atoms with van der Waals surface area (Å²) in [5.41, 5.74) is 0. The second kappa shape index (κ2) is 8.18. The highest BCUT2D eigenvalue weighted by molar-refractivity contribution is 5.80. The Morgan fingerprint density at radius 2 is 1.86 bits per heavy atom. The summed E-state index contributed by atoms with van der Waals surface area (Å²) < 4.78 is 5.64. The lowest BCUT2D eigenvalue weighted by Crippen LogP contribution is -2.43. The molecule has 0 radical (unpaired) electrons. The van der Waals surface area contributed by atoms with Gasteiger partial charge in [0.1, 0.15) is 5.75 Å². The zero-order valence-electron chi connectivity index (χ0n) is 13.9. The predicted molar refractivity (Wildman–Crippen MR) is 89.0 cm³/mol. The molecule has 0 aromatic heterocycles. The van der Waals surface area contributed by atoms with Gasteiger partial charge in [-0.25, -0.2) is 0 Å². The van der Waals surface area contributed by atoms with E-state index in [0.717, 1.165) is 38.2 Å². The van der Waals surface area contributed by atoms with Gasteiger partial charge in [-0.15, -0.1) is 0 Å². The Balaban J connectivity index is 1.69. The fourth-order valence-electron chi connectivity index (χ4n) is 2.82. The molecule has 0 bridgehead atoms. The summed E-state index contributed by atoms with van der Waals surface area (Å²) in [6.07, 6.45) is 1.86. The number of amides is 1. The van der Waals surface area contributed by atoms with E-state index < -0.39 is 6.10 Å². The molecule has 1 saturated heterocycles. The Labute approximate surface area is 133 Å². The van der Waals surface area contributed by atoms with E-state index in [1.165, 1.54) is 0 Å². The zero-order chi connectivity index (χ0) is 15.9. The van der Waals surface area contributed by atoms with Crippen LogP contribution in [0.1, 0.15) is 33.6 Å². The molecular weight excluding hydrogens is 276 g/mol. The lowest BCUT2D eigenvalue weighted by atomic mass is 9.96. The van der Waals surface area contributed by atoms with Crippen molar-refractivity contribution < 1.29 is 9.53 Å². The van der Waals surface area contributed by atoms with Crippen LogP contribution in [0, 0.1) is 5.92 Å². The number of ether oxygens (including phenoxy) is 1. The van der Waals surface area contributed by atoms with Gasteiger partial charge in [0.15, 0.2) is 6.10 Å². The fourth-order valence-corrected chi connectivity index (χ4v) is 2.82. The van der Waals surface area contributed by atoms with Crippen molar-refractivity contribution in [1.29, 1.82) is 0 Å². The van der Waals surface area contributed by atoms with E-state index in [0.29, 0.717) is 12.0 Å². The summed E-state index contributed by atoms with van der Waals surface area (Å²) in [6.45, 7) is 9.30. The average Bonchev–Trinajstić information content (AvgIpc) is 2.53. The molecule has 1 heterocycles. The number of carbonyl (C=O) groups is 1. The number of rotatable bonds is 6. The first-order valence-corrected chi connectivity index (χ1v) is 8.29. The van der Waals surface area contributed by atoms with Crippen molar-refractivity contribution in [3.63, 3.8) is 0 Å². The van der Waals surface area contributed by atoms with Crippen molar-refractivity contribution in [2.45, 2.75) is 45.8 Å². The van der Waals surface area contributed by atoms with E-state index in [2.05, 4.69) is 24.1 Å². The smallest absolute Gasteiger partial charge is 0.260 e. The van der Waals surface area contributed by atoms with E-state index >= 15 is 0 Å². The number of piperidine rings is 1. The van der Waals surface area contributed by atoms with Gasteiger partial charge < -0.3 is 15.0 Å². The van der Waals surface area contributed by atoms with E-state index in [1.807, 2.05) is 30.3 Å². The first kappa shape index (κ1) is 16.8. The zero-order valence-corrected chi connectivity index (χ0v) is 13.9. The molecule has 4 heteroatoms. The Morgan fingerprint density at radius 3 is 2.45 bits per heavy atom. The Bertz CT molecular complexity index is 453. The molecule has 1 aromatic carbocycles. The third kappa shape index (κ3) is 5.02. The van der Waals surface area contributed by atoms with Crippen LogP contribution in [0.2, 0.25) is 0 Å². The van der Waals surface area contributed by atoms with Gasteiger partial charge in [0, 0.05) is 12.6 Å². The third-order valence-electron chi connectivity index (χ3n) is 4.37. The minimum Gasteiger partial charge on any atom is -0.481 e. The molecular formula is C18H28N2O2. The van der Waals surface area contributed by atoms with Crippen LogP contribution < -0.4 is 10.1 Å². The molecule has 1 aliphatic rings. The summed E-state index contributed by atoms with van der Waals surface area (Å²) >= 11 is 0. The maximum atomic E-state index is 12.1. The van der Waals surface area contributed by atoms with Gasteiger partial charge in [0.05, 0.1) is 0 Å². The normalized spacial score (nSPS) is 18.2. The van der Waals surface area contributed by atoms with Crippen molar-refractivity contribution >= 4 is 5.91 Å². The number of para-hydroxylation sites is 1. The van der Waals surface area contributed by atoms with Gasteiger partial charge in [-0.05, 0) is 64.8 Å². The first-order chi connectivity index (χ1) is 10.6. The molecule has 1 fully saturated rings. The molecule has 122 valence electrons. The maximum Gasteiger partial charge on any atom is 0.260 e. The van der Waals surface area contributed by atoms with Gasteiger partial charge in [0.25, 0.3) is 5.91 Å². The van der Waals surface area contributed by atoms with Gasteiger partial charge in [0.2, 0.25) is 0 Å². The van der Waals surface area contributed by atoms with Crippen LogP contribution in [-0.4, -0.2) is 42.6 Å². The summed E-state index contributed by atoms with van der Waals surface area (Å²) in [4.78, 5) is 14.6. The maximum absolute atomic E-state index is 12.1. The third-order valence-corrected chi connectivity index (χ3v) is 4.37. The second-order valence-corrected chi connectivity index (χ2v) is 6.39. The number of hydrogen-bond donors (Lipinski definition) is 1. The molecule has 1 unspecified atom stereocenters. The monoisotopic (exact) mass is 304 g/mol. The van der Waals surface area contributed by atoms with E-state index in [1.54, 1.807) is 6.92 Å². The molecule has 1 N–H and O–H groups in total. The van der Waals surface area contributed by atoms with E-state index in [-0.39, 0.29) is 5.91 Å². The fraction of sp³-hybridized carbons (Fsp3) is 0.611. The van der Waals surface area contributed by atoms with Gasteiger partial charge >= 0.3 is 0 Å². The van der Waals surface area contributed by atoms with Crippen molar-refractivity contribution in [3.05, 3.63) is 30.3 Å². The Kier molecular flexibility index (Phi) is 6.25. The van der Waals surface area contributed by atoms with Crippen LogP contribution in [0.15, 0.2) is 30.3 Å². The van der Waals surface area contributed by atoms with Crippen LogP contribution in [0.5, 0.6) is 5.75 Å². The molecule has 1 aliphatic heterocycles. The molecule has 2 rings (SSSR count). The molecule has 4 nitrogen and oxygen atoms in total. The Hall–Kier alpha value is -1.55. The Morgan fingerprint density at radius 1 is 1.23 bits per heavy atom. The summed E-state index contributed by atoms with van der Waals surface area (Å²) in [6, 6.07) is 10.1. The largest absolute Gasteiger partial charge is 0.481 e. The minimum atomic E-state index is -0.460. The number of carbonyl (C=O) groups excluding carboxylic acids is 1. The quantitative estimate of drug-likeness (QED) is 0.878. The van der Waals surface area contributed by atoms with E-state index in [9.17, 15) is 4.79 Å². The molecule has 1 atom stereocenters. The highest BCUT2D eigenvalue weighted by Gasteiger charge is 2.22. The summed E-state index contributed by atoms with van der Waals surface area (Å²) in [7, 11) is 0. The van der Waals surface area contributed by atoms with E-state index in [4.69, 9.17) is 4.74 Å². The molecule has 22 heavy (non-hydrogen) atoms. The topological polar surface area (TPSA) is 41.6 Å². The molecule has 1 amide bonds. The number of nitrogens with zero attached hydrogens (tertiary/aromatic N) is 1. The summed E-state index contributed by atoms with van der Waals surface area (Å²) in [5, 5.41) is 3.03. The average molecular weight is 304 g/mol. The predicted octanol–water partition coefficient (Wildman–Crippen LogP) is 2.69. The highest BCUT2D eigenvalue weighted by atomic mass is 16.5. The van der Waals surface area contributed by atoms with Crippen LogP contribution in [-0.2, 0) is 4.79 Å². The minimum absolute atomic E-state index is 0.0323. The highest BCUT2D eigenvalue weighted by Crippen LogP contribution is 2.18. The first-order valence-electron chi connectivity index (χ1n) is 8.29. The second-order valence-electron chi connectivity index (χ2n) is 6.39. The van der Waals surface area contributed by atoms with Crippen LogP contribution in [0.4, 0.5) is 0 Å². The lowest BCUT2D eigenvalue weighted by Gasteiger charge is -2.34. The molecule has 0 spiro atoms. The standard InChI is InChI=1S/C18H28N2O2/c1-14(2)20-11-9-16(10-12-20)13-19-18(21)15(3)22-17-7-5-4-6-8-17/h4-8,14-16H,9-13H2,1-3H3,(H,19,21). The molecule has 0 saturated carbocycles. The van der Waals surface area contributed by atoms with Crippen molar-refractivity contribution in [2.24, 2.45) is 5.92 Å². The van der Waals surface area contributed by atoms with Crippen molar-refractivity contribution in [2.75, 3.05) is 19.6 Å². The van der Waals surface area contributed by atoms with Crippen molar-refractivity contribution in [3.8, 4) is 5.75 Å². The van der Waals surface area contributed by atoms with Gasteiger partial charge in [-0.2, -0.15) is 0 Å². The van der Waals surface area contributed by atoms with Crippen molar-refractivity contribution in [1.82, 2.24) is 10.2 Å². The van der Waals surface area contributed by atoms with Crippen LogP contribution in [0.25, 0.3) is 0 Å². The van der Waals surface area contributed by atoms with Crippen LogP contribution in [0.3, 0.4) is 0 Å².